The first-order chi connectivity index (χ1) is 11.5. The maximum absolute atomic E-state index is 12.1. The topological polar surface area (TPSA) is 34.9 Å². The molecule has 0 aliphatic carbocycles. The van der Waals surface area contributed by atoms with E-state index in [4.69, 9.17) is 0 Å². The van der Waals surface area contributed by atoms with Gasteiger partial charge in [0.15, 0.2) is 0 Å². The lowest BCUT2D eigenvalue weighted by atomic mass is 9.90. The van der Waals surface area contributed by atoms with Crippen molar-refractivity contribution in [1.29, 1.82) is 0 Å². The maximum atomic E-state index is 12.1. The van der Waals surface area contributed by atoms with Gasteiger partial charge >= 0.3 is 0 Å². The molecular weight excluding hydrogens is 364 g/mol. The molecule has 0 bridgehead atoms. The van der Waals surface area contributed by atoms with Crippen LogP contribution in [-0.2, 0) is 0 Å². The van der Waals surface area contributed by atoms with Crippen LogP contribution in [0.25, 0.3) is 16.6 Å². The second-order valence-electron chi connectivity index (χ2n) is 6.21. The second-order valence-corrected chi connectivity index (χ2v) is 7.06. The van der Waals surface area contributed by atoms with Crippen LogP contribution in [0.4, 0.5) is 0 Å². The summed E-state index contributed by atoms with van der Waals surface area (Å²) in [5, 5.41) is 0.589. The van der Waals surface area contributed by atoms with Crippen molar-refractivity contribution < 1.29 is 0 Å². The van der Waals surface area contributed by atoms with Crippen LogP contribution in [0.5, 0.6) is 0 Å². The molecule has 0 aliphatic rings. The average Bonchev–Trinajstić information content (AvgIpc) is 2.54. The Balaban J connectivity index is 2.45. The smallest absolute Gasteiger partial charge is 0.281 e. The van der Waals surface area contributed by atoms with Crippen LogP contribution < -0.4 is 5.56 Å². The maximum Gasteiger partial charge on any atom is 0.281 e. The fraction of sp³-hybridized carbons (Fsp3) is 0.400. The quantitative estimate of drug-likeness (QED) is 0.562. The number of rotatable bonds is 7. The highest BCUT2D eigenvalue weighted by Crippen LogP contribution is 2.26. The minimum absolute atomic E-state index is 0.225. The van der Waals surface area contributed by atoms with Crippen molar-refractivity contribution in [3.63, 3.8) is 0 Å². The molecule has 0 aliphatic heterocycles. The van der Waals surface area contributed by atoms with Gasteiger partial charge in [0.1, 0.15) is 6.33 Å². The van der Waals surface area contributed by atoms with Gasteiger partial charge < -0.3 is 4.57 Å². The summed E-state index contributed by atoms with van der Waals surface area (Å²) in [5.41, 5.74) is 2.77. The molecule has 4 heteroatoms. The number of hydrogen-bond acceptors (Lipinski definition) is 2. The first-order valence-corrected chi connectivity index (χ1v) is 9.32. The van der Waals surface area contributed by atoms with E-state index in [0.29, 0.717) is 11.3 Å². The Kier molecular flexibility index (Phi) is 6.55. The number of allylic oxidation sites excluding steroid dienone is 3. The fourth-order valence-corrected chi connectivity index (χ4v) is 3.66. The lowest BCUT2D eigenvalue weighted by molar-refractivity contribution is 0.504. The van der Waals surface area contributed by atoms with Gasteiger partial charge in [-0.3, -0.25) is 4.79 Å². The van der Waals surface area contributed by atoms with Crippen LogP contribution in [-0.4, -0.2) is 9.55 Å². The van der Waals surface area contributed by atoms with Crippen molar-refractivity contribution in [2.24, 2.45) is 5.92 Å². The Hall–Kier alpha value is -1.68. The highest BCUT2D eigenvalue weighted by molar-refractivity contribution is 9.10. The van der Waals surface area contributed by atoms with Gasteiger partial charge in [-0.15, -0.1) is 0 Å². The lowest BCUT2D eigenvalue weighted by Gasteiger charge is -2.18. The number of fused-ring (bicyclic) bond motifs is 1. The lowest BCUT2D eigenvalue weighted by Crippen LogP contribution is -2.12. The van der Waals surface area contributed by atoms with Crippen LogP contribution >= 0.6 is 15.9 Å². The van der Waals surface area contributed by atoms with Gasteiger partial charge in [-0.25, -0.2) is 0 Å². The van der Waals surface area contributed by atoms with Crippen LogP contribution in [0.2, 0.25) is 0 Å². The van der Waals surface area contributed by atoms with E-state index in [1.54, 1.807) is 6.33 Å². The highest BCUT2D eigenvalue weighted by atomic mass is 79.9. The number of aromatic nitrogens is 2. The predicted octanol–water partition coefficient (Wildman–Crippen LogP) is 5.79. The molecule has 1 aromatic carbocycles. The predicted molar refractivity (Wildman–Crippen MR) is 106 cm³/mol. The summed E-state index contributed by atoms with van der Waals surface area (Å²) in [5.74, 6) is 0.585. The molecule has 0 radical (unpaired) electrons. The van der Waals surface area contributed by atoms with E-state index in [2.05, 4.69) is 54.3 Å². The largest absolute Gasteiger partial charge is 0.301 e. The van der Waals surface area contributed by atoms with Crippen LogP contribution in [0, 0.1) is 5.92 Å². The summed E-state index contributed by atoms with van der Waals surface area (Å²) in [6.45, 7) is 10.8. The minimum atomic E-state index is -0.225. The number of nitrogens with zero attached hydrogens (tertiary/aromatic N) is 2. The van der Waals surface area contributed by atoms with Gasteiger partial charge in [0.05, 0.1) is 10.9 Å². The summed E-state index contributed by atoms with van der Waals surface area (Å²) in [6, 6.07) is 5.70. The van der Waals surface area contributed by atoms with Gasteiger partial charge in [0.2, 0.25) is 0 Å². The molecule has 0 saturated heterocycles. The van der Waals surface area contributed by atoms with E-state index in [-0.39, 0.29) is 5.56 Å². The Morgan fingerprint density at radius 1 is 1.33 bits per heavy atom. The van der Waals surface area contributed by atoms with E-state index in [1.165, 1.54) is 31.3 Å². The van der Waals surface area contributed by atoms with Crippen LogP contribution in [0.15, 0.2) is 52.0 Å². The van der Waals surface area contributed by atoms with Crippen molar-refractivity contribution in [2.45, 2.75) is 46.5 Å². The molecule has 0 N–H and O–H groups in total. The van der Waals surface area contributed by atoms with Gasteiger partial charge in [-0.05, 0) is 59.8 Å². The summed E-state index contributed by atoms with van der Waals surface area (Å²) < 4.78 is 2.65. The molecule has 0 saturated carbocycles. The summed E-state index contributed by atoms with van der Waals surface area (Å²) in [4.78, 5) is 16.1. The first kappa shape index (κ1) is 18.7. The van der Waals surface area contributed by atoms with Gasteiger partial charge in [0.25, 0.3) is 5.56 Å². The third kappa shape index (κ3) is 4.04. The first-order valence-electron chi connectivity index (χ1n) is 8.52. The SMILES string of the molecule is C=C(/C=C(\C)C(CCC)CCC)n1cnc(=O)c2c(Br)cccc21. The zero-order valence-electron chi connectivity index (χ0n) is 14.7. The van der Waals surface area contributed by atoms with Crippen molar-refractivity contribution in [3.8, 4) is 0 Å². The molecule has 1 aromatic heterocycles. The Labute approximate surface area is 152 Å². The Bertz CT molecular complexity index is 814. The summed E-state index contributed by atoms with van der Waals surface area (Å²) in [6.07, 6.45) is 8.44. The molecule has 0 fully saturated rings. The molecular formula is C20H25BrN2O. The normalized spacial score (nSPS) is 12.1. The van der Waals surface area contributed by atoms with Gasteiger partial charge in [-0.1, -0.05) is 44.9 Å². The van der Waals surface area contributed by atoms with E-state index >= 15 is 0 Å². The van der Waals surface area contributed by atoms with Crippen LogP contribution in [0.1, 0.15) is 46.5 Å². The van der Waals surface area contributed by atoms with Crippen molar-refractivity contribution in [2.75, 3.05) is 0 Å². The third-order valence-corrected chi connectivity index (χ3v) is 5.04. The van der Waals surface area contributed by atoms with Gasteiger partial charge in [0, 0.05) is 10.2 Å². The zero-order valence-corrected chi connectivity index (χ0v) is 16.3. The summed E-state index contributed by atoms with van der Waals surface area (Å²) in [7, 11) is 0. The zero-order chi connectivity index (χ0) is 17.7. The minimum Gasteiger partial charge on any atom is -0.301 e. The van der Waals surface area contributed by atoms with E-state index in [9.17, 15) is 4.79 Å². The molecule has 2 rings (SSSR count). The Morgan fingerprint density at radius 2 is 2.00 bits per heavy atom. The van der Waals surface area contributed by atoms with Crippen LogP contribution in [0.3, 0.4) is 0 Å². The highest BCUT2D eigenvalue weighted by Gasteiger charge is 2.11. The molecule has 0 unspecified atom stereocenters. The number of halogens is 1. The molecule has 1 heterocycles. The standard InChI is InChI=1S/C20H25BrN2O/c1-5-8-16(9-6-2)14(3)12-15(4)23-13-22-20(24)19-17(21)10-7-11-18(19)23/h7,10-13,16H,4-6,8-9H2,1-3H3/b14-12+. The monoisotopic (exact) mass is 388 g/mol. The molecule has 0 spiro atoms. The number of benzene rings is 1. The molecule has 24 heavy (non-hydrogen) atoms. The van der Waals surface area contributed by atoms with E-state index in [0.717, 1.165) is 15.7 Å². The molecule has 2 aromatic rings. The summed E-state index contributed by atoms with van der Waals surface area (Å²) >= 11 is 3.45. The second kappa shape index (κ2) is 8.43. The van der Waals surface area contributed by atoms with Crippen molar-refractivity contribution >= 4 is 32.5 Å². The van der Waals surface area contributed by atoms with Crippen molar-refractivity contribution in [3.05, 3.63) is 57.6 Å². The van der Waals surface area contributed by atoms with E-state index in [1.807, 2.05) is 22.8 Å². The van der Waals surface area contributed by atoms with Gasteiger partial charge in [-0.2, -0.15) is 4.98 Å². The molecule has 128 valence electrons. The van der Waals surface area contributed by atoms with E-state index < -0.39 is 0 Å². The number of hydrogen-bond donors (Lipinski definition) is 0. The molecule has 3 nitrogen and oxygen atoms in total. The third-order valence-electron chi connectivity index (χ3n) is 4.38. The molecule has 0 amide bonds. The molecule has 0 atom stereocenters. The fourth-order valence-electron chi connectivity index (χ4n) is 3.14. The van der Waals surface area contributed by atoms with Crippen molar-refractivity contribution in [1.82, 2.24) is 9.55 Å². The Morgan fingerprint density at radius 3 is 2.62 bits per heavy atom. The average molecular weight is 389 g/mol.